The Labute approximate surface area is 237 Å². The van der Waals surface area contributed by atoms with Gasteiger partial charge < -0.3 is 9.73 Å². The summed E-state index contributed by atoms with van der Waals surface area (Å²) < 4.78 is 35.5. The molecule has 0 bridgehead atoms. The number of aromatic nitrogens is 5. The van der Waals surface area contributed by atoms with Crippen LogP contribution in [0.15, 0.2) is 76.4 Å². The maximum atomic E-state index is 13.8. The molecule has 1 aliphatic rings. The lowest BCUT2D eigenvalue weighted by atomic mass is 9.85. The summed E-state index contributed by atoms with van der Waals surface area (Å²) in [6.45, 7) is 0.518. The van der Waals surface area contributed by atoms with Crippen molar-refractivity contribution >= 4 is 28.5 Å². The number of carbonyl (C=O) groups excluding carboxylic acids is 1. The Morgan fingerprint density at radius 2 is 1.85 bits per heavy atom. The summed E-state index contributed by atoms with van der Waals surface area (Å²) >= 11 is 5.90. The van der Waals surface area contributed by atoms with E-state index in [9.17, 15) is 18.4 Å². The Bertz CT molecular complexity index is 1760. The van der Waals surface area contributed by atoms with Crippen molar-refractivity contribution in [1.82, 2.24) is 29.6 Å². The van der Waals surface area contributed by atoms with Crippen molar-refractivity contribution in [2.24, 2.45) is 5.92 Å². The van der Waals surface area contributed by atoms with Gasteiger partial charge in [-0.1, -0.05) is 29.8 Å². The van der Waals surface area contributed by atoms with Gasteiger partial charge in [0.15, 0.2) is 0 Å². The molecule has 1 fully saturated rings. The van der Waals surface area contributed by atoms with Crippen LogP contribution >= 0.6 is 11.6 Å². The van der Waals surface area contributed by atoms with Crippen LogP contribution in [-0.2, 0) is 6.54 Å². The Balaban J connectivity index is 1.19. The lowest BCUT2D eigenvalue weighted by molar-refractivity contribution is 0.0904. The number of rotatable bonds is 7. The summed E-state index contributed by atoms with van der Waals surface area (Å²) in [4.78, 5) is 30.2. The molecule has 3 heterocycles. The maximum Gasteiger partial charge on any atom is 0.333 e. The zero-order chi connectivity index (χ0) is 28.5. The molecule has 12 heteroatoms. The minimum Gasteiger partial charge on any atom is -0.423 e. The third-order valence-corrected chi connectivity index (χ3v) is 7.71. The first-order chi connectivity index (χ1) is 19.9. The van der Waals surface area contributed by atoms with E-state index in [1.807, 2.05) is 48.5 Å². The summed E-state index contributed by atoms with van der Waals surface area (Å²) in [6.07, 6.45) is 2.33. The monoisotopic (exact) mass is 578 g/mol. The number of para-hydroxylation sites is 2. The van der Waals surface area contributed by atoms with Crippen molar-refractivity contribution < 1.29 is 18.0 Å². The number of carbonyl (C=O) groups is 1. The normalized spacial score (nSPS) is 17.3. The summed E-state index contributed by atoms with van der Waals surface area (Å²) in [5.74, 6) is -0.0420. The zero-order valence-electron chi connectivity index (χ0n) is 21.7. The van der Waals surface area contributed by atoms with E-state index in [1.54, 1.807) is 9.13 Å². The van der Waals surface area contributed by atoms with Gasteiger partial charge in [-0.2, -0.15) is 0 Å². The molecule has 0 aliphatic heterocycles. The van der Waals surface area contributed by atoms with E-state index < -0.39 is 18.0 Å². The number of fused-ring (bicyclic) bond motifs is 1. The van der Waals surface area contributed by atoms with Crippen LogP contribution < -0.4 is 11.0 Å². The third kappa shape index (κ3) is 5.37. The highest BCUT2D eigenvalue weighted by Gasteiger charge is 2.27. The highest BCUT2D eigenvalue weighted by atomic mass is 35.5. The van der Waals surface area contributed by atoms with Gasteiger partial charge in [0.2, 0.25) is 12.3 Å². The molecule has 41 heavy (non-hydrogen) atoms. The van der Waals surface area contributed by atoms with Crippen LogP contribution in [0.3, 0.4) is 0 Å². The second-order valence-electron chi connectivity index (χ2n) is 10.1. The van der Waals surface area contributed by atoms with Crippen molar-refractivity contribution in [3.63, 3.8) is 0 Å². The molecule has 1 N–H and O–H groups in total. The van der Waals surface area contributed by atoms with Crippen LogP contribution in [0.4, 0.5) is 8.78 Å². The highest BCUT2D eigenvalue weighted by Crippen LogP contribution is 2.29. The Hall–Kier alpha value is -4.38. The molecule has 9 nitrogen and oxygen atoms in total. The summed E-state index contributed by atoms with van der Waals surface area (Å²) in [5, 5.41) is 10.7. The third-order valence-electron chi connectivity index (χ3n) is 7.51. The molecular formula is C29H25ClF2N6O3. The van der Waals surface area contributed by atoms with Crippen molar-refractivity contribution in [3.05, 3.63) is 94.0 Å². The van der Waals surface area contributed by atoms with Gasteiger partial charge in [0, 0.05) is 24.3 Å². The number of hydrogen-bond donors (Lipinski definition) is 1. The SMILES string of the molecule is O=C(NC1CCC(Cn2c(=O)n(-c3cccc(-c4nnco4)c3)c3ccccc32)CC1)c1cc(Cl)cnc1C(F)F. The molecule has 1 aliphatic carbocycles. The predicted molar refractivity (Wildman–Crippen MR) is 148 cm³/mol. The standard InChI is InChI=1S/C29H25ClF2N6O3/c30-19-13-22(25(26(31)32)33-14-19)27(39)35-20-10-8-17(9-11-20)15-37-23-6-1-2-7-24(23)38(29(37)40)21-5-3-4-18(12-21)28-36-34-16-41-28/h1-7,12-14,16-17,20,26H,8-11,15H2,(H,35,39). The second-order valence-corrected chi connectivity index (χ2v) is 10.5. The molecule has 2 aromatic carbocycles. The molecule has 6 rings (SSSR count). The number of amides is 1. The molecule has 0 unspecified atom stereocenters. The topological polar surface area (TPSA) is 108 Å². The molecule has 0 radical (unpaired) electrons. The molecule has 5 aromatic rings. The minimum absolute atomic E-state index is 0.120. The molecule has 3 aromatic heterocycles. The first kappa shape index (κ1) is 26.8. The van der Waals surface area contributed by atoms with E-state index in [2.05, 4.69) is 20.5 Å². The Morgan fingerprint density at radius 3 is 2.59 bits per heavy atom. The first-order valence-electron chi connectivity index (χ1n) is 13.2. The van der Waals surface area contributed by atoms with Crippen LogP contribution in [0.2, 0.25) is 5.02 Å². The quantitative estimate of drug-likeness (QED) is 0.261. The zero-order valence-corrected chi connectivity index (χ0v) is 22.5. The molecule has 0 spiro atoms. The fourth-order valence-corrected chi connectivity index (χ4v) is 5.69. The van der Waals surface area contributed by atoms with Crippen molar-refractivity contribution in [1.29, 1.82) is 0 Å². The van der Waals surface area contributed by atoms with E-state index in [4.69, 9.17) is 16.0 Å². The number of nitrogens with zero attached hydrogens (tertiary/aromatic N) is 5. The number of nitrogens with one attached hydrogen (secondary N) is 1. The minimum atomic E-state index is -2.88. The lowest BCUT2D eigenvalue weighted by Gasteiger charge is -2.29. The molecule has 1 saturated carbocycles. The summed E-state index contributed by atoms with van der Waals surface area (Å²) in [6, 6.07) is 16.1. The van der Waals surface area contributed by atoms with Crippen LogP contribution in [-0.4, -0.2) is 36.3 Å². The Morgan fingerprint density at radius 1 is 1.07 bits per heavy atom. The number of halogens is 3. The van der Waals surface area contributed by atoms with Gasteiger partial charge in [-0.25, -0.2) is 13.6 Å². The van der Waals surface area contributed by atoms with Crippen molar-refractivity contribution in [2.45, 2.75) is 44.7 Å². The van der Waals surface area contributed by atoms with Gasteiger partial charge in [0.05, 0.1) is 27.3 Å². The molecule has 1 amide bonds. The van der Waals surface area contributed by atoms with Crippen LogP contribution in [0.1, 0.15) is 48.2 Å². The van der Waals surface area contributed by atoms with Gasteiger partial charge >= 0.3 is 5.69 Å². The number of alkyl halides is 2. The molecule has 210 valence electrons. The van der Waals surface area contributed by atoms with Gasteiger partial charge in [0.25, 0.3) is 12.3 Å². The largest absolute Gasteiger partial charge is 0.423 e. The van der Waals surface area contributed by atoms with Crippen LogP contribution in [0, 0.1) is 5.92 Å². The number of hydrogen-bond acceptors (Lipinski definition) is 6. The first-order valence-corrected chi connectivity index (χ1v) is 13.6. The highest BCUT2D eigenvalue weighted by molar-refractivity contribution is 6.30. The fourth-order valence-electron chi connectivity index (χ4n) is 5.53. The molecule has 0 atom stereocenters. The van der Waals surface area contributed by atoms with E-state index in [0.29, 0.717) is 36.5 Å². The summed E-state index contributed by atoms with van der Waals surface area (Å²) in [7, 11) is 0. The van der Waals surface area contributed by atoms with E-state index >= 15 is 0 Å². The second kappa shape index (κ2) is 11.2. The van der Waals surface area contributed by atoms with Gasteiger partial charge in [-0.05, 0) is 68.0 Å². The molecular weight excluding hydrogens is 554 g/mol. The average molecular weight is 579 g/mol. The van der Waals surface area contributed by atoms with Gasteiger partial charge in [0.1, 0.15) is 5.69 Å². The number of imidazole rings is 1. The number of pyridine rings is 1. The average Bonchev–Trinajstić information content (AvgIpc) is 3.61. The summed E-state index contributed by atoms with van der Waals surface area (Å²) in [5.41, 5.74) is 2.05. The van der Waals surface area contributed by atoms with Crippen molar-refractivity contribution in [2.75, 3.05) is 0 Å². The smallest absolute Gasteiger partial charge is 0.333 e. The lowest BCUT2D eigenvalue weighted by Crippen LogP contribution is -2.39. The number of benzene rings is 2. The van der Waals surface area contributed by atoms with Gasteiger partial charge in [-0.15, -0.1) is 10.2 Å². The van der Waals surface area contributed by atoms with Crippen LogP contribution in [0.25, 0.3) is 28.2 Å². The van der Waals surface area contributed by atoms with Crippen molar-refractivity contribution in [3.8, 4) is 17.1 Å². The predicted octanol–water partition coefficient (Wildman–Crippen LogP) is 5.82. The van der Waals surface area contributed by atoms with Gasteiger partial charge in [-0.3, -0.25) is 18.9 Å². The van der Waals surface area contributed by atoms with Crippen LogP contribution in [0.5, 0.6) is 0 Å². The van der Waals surface area contributed by atoms with E-state index in [-0.39, 0.29) is 28.2 Å². The Kier molecular flexibility index (Phi) is 7.36. The van der Waals surface area contributed by atoms with E-state index in [1.165, 1.54) is 12.5 Å². The van der Waals surface area contributed by atoms with E-state index in [0.717, 1.165) is 30.1 Å². The fraction of sp³-hybridized carbons (Fsp3) is 0.276. The molecule has 0 saturated heterocycles. The maximum absolute atomic E-state index is 13.8.